The maximum absolute atomic E-state index is 12.6. The van der Waals surface area contributed by atoms with Gasteiger partial charge in [0.15, 0.2) is 18.1 Å². The van der Waals surface area contributed by atoms with Gasteiger partial charge in [0.1, 0.15) is 5.75 Å². The van der Waals surface area contributed by atoms with Gasteiger partial charge >= 0.3 is 0 Å². The SMILES string of the molecule is COc1ccc(CNC(=O)COc2ccc(S(=O)(=O)Nc3ccccc3C)cc2)cc1OC. The Labute approximate surface area is 193 Å². The summed E-state index contributed by atoms with van der Waals surface area (Å²) in [4.78, 5) is 12.2. The fourth-order valence-corrected chi connectivity index (χ4v) is 4.13. The van der Waals surface area contributed by atoms with Crippen LogP contribution in [0.1, 0.15) is 11.1 Å². The summed E-state index contributed by atoms with van der Waals surface area (Å²) in [6.07, 6.45) is 0. The van der Waals surface area contributed by atoms with Crippen molar-refractivity contribution in [1.29, 1.82) is 0 Å². The number of sulfonamides is 1. The summed E-state index contributed by atoms with van der Waals surface area (Å²) in [6.45, 7) is 1.91. The summed E-state index contributed by atoms with van der Waals surface area (Å²) in [5.74, 6) is 1.25. The lowest BCUT2D eigenvalue weighted by Crippen LogP contribution is -2.28. The van der Waals surface area contributed by atoms with Gasteiger partial charge in [-0.05, 0) is 60.5 Å². The highest BCUT2D eigenvalue weighted by Gasteiger charge is 2.15. The van der Waals surface area contributed by atoms with E-state index in [0.29, 0.717) is 29.5 Å². The van der Waals surface area contributed by atoms with Crippen LogP contribution < -0.4 is 24.2 Å². The molecule has 0 aliphatic rings. The molecule has 0 spiro atoms. The van der Waals surface area contributed by atoms with Crippen molar-refractivity contribution in [3.8, 4) is 17.2 Å². The van der Waals surface area contributed by atoms with Crippen molar-refractivity contribution in [2.45, 2.75) is 18.4 Å². The Hall–Kier alpha value is -3.72. The van der Waals surface area contributed by atoms with Gasteiger partial charge in [0, 0.05) is 6.54 Å². The highest BCUT2D eigenvalue weighted by molar-refractivity contribution is 7.92. The number of methoxy groups -OCH3 is 2. The maximum Gasteiger partial charge on any atom is 0.261 e. The molecule has 0 atom stereocenters. The average Bonchev–Trinajstić information content (AvgIpc) is 2.82. The van der Waals surface area contributed by atoms with Gasteiger partial charge in [-0.15, -0.1) is 0 Å². The topological polar surface area (TPSA) is 103 Å². The number of nitrogens with one attached hydrogen (secondary N) is 2. The molecular formula is C24H26N2O6S. The molecule has 0 saturated heterocycles. The van der Waals surface area contributed by atoms with Gasteiger partial charge in [0.2, 0.25) is 0 Å². The van der Waals surface area contributed by atoms with E-state index in [1.165, 1.54) is 24.3 Å². The van der Waals surface area contributed by atoms with Gasteiger partial charge in [0.25, 0.3) is 15.9 Å². The molecule has 2 N–H and O–H groups in total. The van der Waals surface area contributed by atoms with Crippen LogP contribution in [0.2, 0.25) is 0 Å². The molecule has 3 rings (SSSR count). The average molecular weight is 471 g/mol. The van der Waals surface area contributed by atoms with Gasteiger partial charge in [-0.1, -0.05) is 24.3 Å². The van der Waals surface area contributed by atoms with Gasteiger partial charge in [0.05, 0.1) is 24.8 Å². The molecule has 0 aromatic heterocycles. The lowest BCUT2D eigenvalue weighted by Gasteiger charge is -2.12. The highest BCUT2D eigenvalue weighted by Crippen LogP contribution is 2.27. The van der Waals surface area contributed by atoms with E-state index in [0.717, 1.165) is 11.1 Å². The smallest absolute Gasteiger partial charge is 0.261 e. The van der Waals surface area contributed by atoms with Crippen molar-refractivity contribution in [3.63, 3.8) is 0 Å². The minimum Gasteiger partial charge on any atom is -0.493 e. The molecule has 174 valence electrons. The summed E-state index contributed by atoms with van der Waals surface area (Å²) < 4.78 is 43.7. The second-order valence-corrected chi connectivity index (χ2v) is 8.83. The molecule has 0 fully saturated rings. The van der Waals surface area contributed by atoms with Crippen LogP contribution in [-0.2, 0) is 21.4 Å². The van der Waals surface area contributed by atoms with Crippen molar-refractivity contribution >= 4 is 21.6 Å². The van der Waals surface area contributed by atoms with E-state index in [9.17, 15) is 13.2 Å². The second-order valence-electron chi connectivity index (χ2n) is 7.15. The monoisotopic (exact) mass is 470 g/mol. The summed E-state index contributed by atoms with van der Waals surface area (Å²) in [7, 11) is -0.638. The number of hydrogen-bond donors (Lipinski definition) is 2. The van der Waals surface area contributed by atoms with Crippen LogP contribution in [0.15, 0.2) is 71.6 Å². The van der Waals surface area contributed by atoms with Gasteiger partial charge in [-0.3, -0.25) is 9.52 Å². The standard InChI is InChI=1S/C24H26N2O6S/c1-17-6-4-5-7-21(17)26-33(28,29)20-11-9-19(10-12-20)32-16-24(27)25-15-18-8-13-22(30-2)23(14-18)31-3/h4-14,26H,15-16H2,1-3H3,(H,25,27). The predicted molar refractivity (Wildman–Crippen MR) is 125 cm³/mol. The number of para-hydroxylation sites is 1. The molecule has 8 nitrogen and oxygen atoms in total. The van der Waals surface area contributed by atoms with Crippen LogP contribution >= 0.6 is 0 Å². The van der Waals surface area contributed by atoms with E-state index in [2.05, 4.69) is 10.0 Å². The molecule has 3 aromatic rings. The third-order valence-corrected chi connectivity index (χ3v) is 6.21. The molecule has 0 saturated carbocycles. The minimum atomic E-state index is -3.74. The molecule has 0 bridgehead atoms. The molecule has 0 aliphatic carbocycles. The zero-order valence-electron chi connectivity index (χ0n) is 18.6. The first-order valence-corrected chi connectivity index (χ1v) is 11.6. The largest absolute Gasteiger partial charge is 0.493 e. The lowest BCUT2D eigenvalue weighted by atomic mass is 10.2. The Morgan fingerprint density at radius 1 is 0.909 bits per heavy atom. The summed E-state index contributed by atoms with van der Waals surface area (Å²) in [5, 5.41) is 2.76. The lowest BCUT2D eigenvalue weighted by molar-refractivity contribution is -0.123. The molecule has 0 radical (unpaired) electrons. The number of carbonyl (C=O) groups excluding carboxylic acids is 1. The summed E-state index contributed by atoms with van der Waals surface area (Å²) >= 11 is 0. The first-order valence-electron chi connectivity index (χ1n) is 10.1. The van der Waals surface area contributed by atoms with Crippen LogP contribution in [0.5, 0.6) is 17.2 Å². The number of anilines is 1. The molecule has 0 aliphatic heterocycles. The maximum atomic E-state index is 12.6. The number of ether oxygens (including phenoxy) is 3. The number of rotatable bonds is 10. The van der Waals surface area contributed by atoms with Crippen molar-refractivity contribution in [3.05, 3.63) is 77.9 Å². The van der Waals surface area contributed by atoms with Gasteiger partial charge < -0.3 is 19.5 Å². The fraction of sp³-hybridized carbons (Fsp3) is 0.208. The van der Waals surface area contributed by atoms with Gasteiger partial charge in [-0.25, -0.2) is 8.42 Å². The Morgan fingerprint density at radius 2 is 1.61 bits per heavy atom. The summed E-state index contributed by atoms with van der Waals surface area (Å²) in [5.41, 5.74) is 2.18. The van der Waals surface area contributed by atoms with E-state index >= 15 is 0 Å². The number of aryl methyl sites for hydroxylation is 1. The molecule has 0 unspecified atom stereocenters. The molecule has 9 heteroatoms. The first kappa shape index (κ1) is 23.9. The van der Waals surface area contributed by atoms with Crippen molar-refractivity contribution in [2.24, 2.45) is 0 Å². The number of hydrogen-bond acceptors (Lipinski definition) is 6. The Bertz CT molecular complexity index is 1210. The number of carbonyl (C=O) groups is 1. The minimum absolute atomic E-state index is 0.0935. The quantitative estimate of drug-likeness (QED) is 0.470. The fourth-order valence-electron chi connectivity index (χ4n) is 3.00. The third kappa shape index (κ3) is 6.39. The Balaban J connectivity index is 1.53. The van der Waals surface area contributed by atoms with Crippen LogP contribution in [0.25, 0.3) is 0 Å². The van der Waals surface area contributed by atoms with E-state index in [-0.39, 0.29) is 17.4 Å². The van der Waals surface area contributed by atoms with E-state index in [1.807, 2.05) is 25.1 Å². The number of benzene rings is 3. The zero-order valence-corrected chi connectivity index (χ0v) is 19.4. The van der Waals surface area contributed by atoms with Crippen LogP contribution in [0.4, 0.5) is 5.69 Å². The number of amides is 1. The highest BCUT2D eigenvalue weighted by atomic mass is 32.2. The zero-order chi connectivity index (χ0) is 23.8. The Morgan fingerprint density at radius 3 is 2.27 bits per heavy atom. The van der Waals surface area contributed by atoms with Crippen molar-refractivity contribution in [2.75, 3.05) is 25.5 Å². The van der Waals surface area contributed by atoms with E-state index in [1.54, 1.807) is 38.5 Å². The van der Waals surface area contributed by atoms with Crippen LogP contribution in [-0.4, -0.2) is 35.2 Å². The third-order valence-electron chi connectivity index (χ3n) is 4.83. The molecule has 0 heterocycles. The van der Waals surface area contributed by atoms with E-state index in [4.69, 9.17) is 14.2 Å². The molecular weight excluding hydrogens is 444 g/mol. The van der Waals surface area contributed by atoms with Gasteiger partial charge in [-0.2, -0.15) is 0 Å². The first-order chi connectivity index (χ1) is 15.8. The Kier molecular flexibility index (Phi) is 7.78. The normalized spacial score (nSPS) is 10.9. The molecule has 3 aromatic carbocycles. The molecule has 1 amide bonds. The van der Waals surface area contributed by atoms with Crippen molar-refractivity contribution < 1.29 is 27.4 Å². The van der Waals surface area contributed by atoms with E-state index < -0.39 is 10.0 Å². The van der Waals surface area contributed by atoms with Crippen molar-refractivity contribution in [1.82, 2.24) is 5.32 Å². The predicted octanol–water partition coefficient (Wildman–Crippen LogP) is 3.51. The van der Waals surface area contributed by atoms with Crippen LogP contribution in [0.3, 0.4) is 0 Å². The second kappa shape index (κ2) is 10.7. The molecule has 33 heavy (non-hydrogen) atoms. The van der Waals surface area contributed by atoms with Crippen LogP contribution in [0, 0.1) is 6.92 Å². The summed E-state index contributed by atoms with van der Waals surface area (Å²) in [6, 6.07) is 18.4.